The van der Waals surface area contributed by atoms with Crippen LogP contribution < -0.4 is 0 Å². The Bertz CT molecular complexity index is 608. The van der Waals surface area contributed by atoms with Crippen molar-refractivity contribution < 1.29 is 35.6 Å². The van der Waals surface area contributed by atoms with E-state index in [1.165, 1.54) is 76.9 Å². The highest BCUT2D eigenvalue weighted by Crippen LogP contribution is 2.28. The van der Waals surface area contributed by atoms with E-state index in [1.807, 2.05) is 6.92 Å². The van der Waals surface area contributed by atoms with Crippen molar-refractivity contribution in [1.29, 1.82) is 0 Å². The van der Waals surface area contributed by atoms with E-state index in [1.54, 1.807) is 6.08 Å². The molecule has 1 rings (SSSR count). The lowest BCUT2D eigenvalue weighted by atomic mass is 9.98. The third-order valence-corrected chi connectivity index (χ3v) is 7.73. The Hall–Kier alpha value is -0.700. The highest BCUT2D eigenvalue weighted by atomic mass is 16.7. The van der Waals surface area contributed by atoms with E-state index in [0.29, 0.717) is 12.8 Å². The lowest BCUT2D eigenvalue weighted by Crippen LogP contribution is -2.60. The zero-order chi connectivity index (χ0) is 30.1. The van der Waals surface area contributed by atoms with Gasteiger partial charge >= 0.3 is 0 Å². The molecule has 1 fully saturated rings. The maximum Gasteiger partial charge on any atom is 0.228 e. The maximum absolute atomic E-state index is 10.9. The standard InChI is InChI=1S/C33H64O7/c1-4-7-9-11-13-15-16-18-20-22-28(35)23-26-38-32-31(37-25-21-19-17-14-12-10-8-5-2)30(36)29(27-34)40-33(32)39-24-6-3/h6,24,28-36H,4-5,7-23,25-27H2,1-3H3/b24-6+/t28-,29-,30-,31+,32-,33?/m1/s1/i25D/t25?,28-,29-,30-,31+,32-,33?. The molecule has 0 aromatic rings. The van der Waals surface area contributed by atoms with E-state index in [0.717, 1.165) is 38.5 Å². The van der Waals surface area contributed by atoms with Crippen LogP contribution >= 0.6 is 0 Å². The number of rotatable bonds is 27. The van der Waals surface area contributed by atoms with Crippen LogP contribution in [0.5, 0.6) is 0 Å². The maximum atomic E-state index is 10.9. The minimum atomic E-state index is -1.16. The van der Waals surface area contributed by atoms with Gasteiger partial charge in [-0.05, 0) is 26.2 Å². The molecule has 7 heteroatoms. The number of allylic oxidation sites excluding steroid dienone is 1. The first-order chi connectivity index (χ1) is 20.0. The van der Waals surface area contributed by atoms with Crippen molar-refractivity contribution in [2.75, 3.05) is 19.8 Å². The largest absolute Gasteiger partial charge is 0.470 e. The number of ether oxygens (including phenoxy) is 4. The van der Waals surface area contributed by atoms with Crippen molar-refractivity contribution in [1.82, 2.24) is 0 Å². The molecule has 0 aromatic carbocycles. The molecule has 1 aliphatic rings. The Kier molecular flexibility index (Phi) is 23.0. The molecule has 0 saturated carbocycles. The Balaban J connectivity index is 2.54. The van der Waals surface area contributed by atoms with E-state index < -0.39 is 50.0 Å². The van der Waals surface area contributed by atoms with Gasteiger partial charge in [0.25, 0.3) is 0 Å². The number of aliphatic hydroxyl groups excluding tert-OH is 3. The van der Waals surface area contributed by atoms with Gasteiger partial charge in [-0.1, -0.05) is 123 Å². The van der Waals surface area contributed by atoms with Crippen molar-refractivity contribution in [3.63, 3.8) is 0 Å². The molecule has 0 aliphatic carbocycles. The number of unbranched alkanes of at least 4 members (excludes halogenated alkanes) is 14. The molecular weight excluding hydrogens is 508 g/mol. The van der Waals surface area contributed by atoms with Gasteiger partial charge in [0.1, 0.15) is 24.4 Å². The van der Waals surface area contributed by atoms with Gasteiger partial charge in [0, 0.05) is 13.2 Å². The Morgan fingerprint density at radius 1 is 0.775 bits per heavy atom. The summed E-state index contributed by atoms with van der Waals surface area (Å²) in [4.78, 5) is 0. The lowest BCUT2D eigenvalue weighted by molar-refractivity contribution is -0.305. The fourth-order valence-electron chi connectivity index (χ4n) is 5.18. The van der Waals surface area contributed by atoms with Crippen LogP contribution in [0.25, 0.3) is 0 Å². The highest BCUT2D eigenvalue weighted by Gasteiger charge is 2.47. The summed E-state index contributed by atoms with van der Waals surface area (Å²) < 4.78 is 32.2. The van der Waals surface area contributed by atoms with Crippen molar-refractivity contribution in [3.8, 4) is 0 Å². The van der Waals surface area contributed by atoms with Gasteiger partial charge in [0.15, 0.2) is 0 Å². The summed E-state index contributed by atoms with van der Waals surface area (Å²) in [5, 5.41) is 31.3. The summed E-state index contributed by atoms with van der Waals surface area (Å²) in [6, 6.07) is 0. The minimum Gasteiger partial charge on any atom is -0.470 e. The second-order valence-electron chi connectivity index (χ2n) is 11.4. The van der Waals surface area contributed by atoms with Gasteiger partial charge in [0.2, 0.25) is 6.29 Å². The van der Waals surface area contributed by atoms with Crippen LogP contribution in [0.2, 0.25) is 0 Å². The van der Waals surface area contributed by atoms with E-state index in [-0.39, 0.29) is 6.61 Å². The Morgan fingerprint density at radius 3 is 1.88 bits per heavy atom. The normalized spacial score (nSPS) is 25.2. The average Bonchev–Trinajstić information content (AvgIpc) is 2.97. The number of hydrogen-bond donors (Lipinski definition) is 3. The first kappa shape index (κ1) is 35.5. The number of aliphatic hydroxyl groups is 3. The summed E-state index contributed by atoms with van der Waals surface area (Å²) >= 11 is 0. The third kappa shape index (κ3) is 17.3. The summed E-state index contributed by atoms with van der Waals surface area (Å²) in [5.74, 6) is 0. The van der Waals surface area contributed by atoms with Crippen LogP contribution in [0, 0.1) is 0 Å². The van der Waals surface area contributed by atoms with Crippen LogP contribution in [0.3, 0.4) is 0 Å². The SMILES string of the molecule is [2H]C(CCCCCCCCC)O[C@H]1[C@H](O)[C@@H](CO)OC(O/C=C/C)[C@@H]1OCC[C@H](O)CCCCCCCCCCC. The van der Waals surface area contributed by atoms with Gasteiger partial charge < -0.3 is 34.3 Å². The molecule has 0 aromatic heterocycles. The molecular formula is C33H64O7. The monoisotopic (exact) mass is 573 g/mol. The van der Waals surface area contributed by atoms with Crippen molar-refractivity contribution >= 4 is 0 Å². The predicted molar refractivity (Wildman–Crippen MR) is 162 cm³/mol. The van der Waals surface area contributed by atoms with Crippen LogP contribution in [0.4, 0.5) is 0 Å². The van der Waals surface area contributed by atoms with Crippen molar-refractivity contribution in [3.05, 3.63) is 12.3 Å². The first-order valence-corrected chi connectivity index (χ1v) is 16.6. The van der Waals surface area contributed by atoms with Gasteiger partial charge in [-0.2, -0.15) is 0 Å². The molecule has 238 valence electrons. The molecule has 7 nitrogen and oxygen atoms in total. The highest BCUT2D eigenvalue weighted by molar-refractivity contribution is 4.92. The molecule has 1 saturated heterocycles. The second kappa shape index (κ2) is 26.0. The topological polar surface area (TPSA) is 97.6 Å². The van der Waals surface area contributed by atoms with Crippen molar-refractivity contribution in [2.24, 2.45) is 0 Å². The molecule has 0 radical (unpaired) electrons. The molecule has 0 bridgehead atoms. The molecule has 40 heavy (non-hydrogen) atoms. The predicted octanol–water partition coefficient (Wildman–Crippen LogP) is 7.20. The molecule has 0 spiro atoms. The number of hydrogen-bond acceptors (Lipinski definition) is 7. The summed E-state index contributed by atoms with van der Waals surface area (Å²) in [6.07, 6.45) is 19.1. The molecule has 3 N–H and O–H groups in total. The van der Waals surface area contributed by atoms with Gasteiger partial charge in [-0.25, -0.2) is 0 Å². The van der Waals surface area contributed by atoms with Gasteiger partial charge in [-0.3, -0.25) is 0 Å². The second-order valence-corrected chi connectivity index (χ2v) is 11.4. The summed E-state index contributed by atoms with van der Waals surface area (Å²) in [7, 11) is 0. The van der Waals surface area contributed by atoms with Crippen LogP contribution in [-0.4, -0.2) is 71.9 Å². The Labute approximate surface area is 247 Å². The molecule has 2 unspecified atom stereocenters. The smallest absolute Gasteiger partial charge is 0.228 e. The fraction of sp³-hybridized carbons (Fsp3) is 0.939. The zero-order valence-electron chi connectivity index (χ0n) is 27.0. The quantitative estimate of drug-likeness (QED) is 0.0706. The third-order valence-electron chi connectivity index (χ3n) is 7.73. The summed E-state index contributed by atoms with van der Waals surface area (Å²) in [6.45, 7) is 5.28. The molecule has 1 heterocycles. The molecule has 1 aliphatic heterocycles. The summed E-state index contributed by atoms with van der Waals surface area (Å²) in [5.41, 5.74) is 0. The van der Waals surface area contributed by atoms with Gasteiger partial charge in [-0.15, -0.1) is 0 Å². The Morgan fingerprint density at radius 2 is 1.32 bits per heavy atom. The van der Waals surface area contributed by atoms with E-state index in [4.69, 9.17) is 20.3 Å². The van der Waals surface area contributed by atoms with Crippen LogP contribution in [-0.2, 0) is 18.9 Å². The van der Waals surface area contributed by atoms with Gasteiger partial charge in [0.05, 0.1) is 20.3 Å². The van der Waals surface area contributed by atoms with Crippen molar-refractivity contribution in [2.45, 2.75) is 180 Å². The fourth-order valence-corrected chi connectivity index (χ4v) is 5.18. The molecule has 0 amide bonds. The van der Waals surface area contributed by atoms with E-state index >= 15 is 0 Å². The molecule has 7 atom stereocenters. The minimum absolute atomic E-state index is 0.249. The average molecular weight is 574 g/mol. The van der Waals surface area contributed by atoms with E-state index in [9.17, 15) is 15.3 Å². The van der Waals surface area contributed by atoms with E-state index in [2.05, 4.69) is 13.8 Å². The zero-order valence-corrected chi connectivity index (χ0v) is 26.0. The lowest BCUT2D eigenvalue weighted by Gasteiger charge is -2.43. The van der Waals surface area contributed by atoms with Crippen LogP contribution in [0.1, 0.15) is 144 Å². The van der Waals surface area contributed by atoms with Crippen LogP contribution in [0.15, 0.2) is 12.3 Å². The first-order valence-electron chi connectivity index (χ1n) is 17.1.